The van der Waals surface area contributed by atoms with Crippen molar-refractivity contribution in [1.82, 2.24) is 9.97 Å². The van der Waals surface area contributed by atoms with Crippen LogP contribution in [-0.4, -0.2) is 27.1 Å². The number of fused-ring (bicyclic) bond motifs is 1. The number of rotatable bonds is 4. The lowest BCUT2D eigenvalue weighted by atomic mass is 9.78. The normalized spacial score (nSPS) is 11.9. The van der Waals surface area contributed by atoms with Crippen LogP contribution in [0, 0.1) is 0 Å². The Kier molecular flexibility index (Phi) is 4.07. The van der Waals surface area contributed by atoms with Crippen LogP contribution in [0.2, 0.25) is 0 Å². The quantitative estimate of drug-likeness (QED) is 0.650. The van der Waals surface area contributed by atoms with Gasteiger partial charge in [-0.15, -0.1) is 0 Å². The molecule has 100 valence electrons. The molecule has 2 aromatic heterocycles. The highest BCUT2D eigenvalue weighted by Crippen LogP contribution is 2.21. The lowest BCUT2D eigenvalue weighted by Crippen LogP contribution is -2.31. The first-order valence-electron chi connectivity index (χ1n) is 5.85. The highest BCUT2D eigenvalue weighted by molar-refractivity contribution is 6.61. The van der Waals surface area contributed by atoms with Crippen LogP contribution >= 0.6 is 0 Å². The monoisotopic (exact) mass is 270 g/mol. The van der Waals surface area contributed by atoms with E-state index in [0.29, 0.717) is 11.0 Å². The van der Waals surface area contributed by atoms with Crippen molar-refractivity contribution in [2.75, 3.05) is 0 Å². The maximum Gasteiger partial charge on any atom is 0.489 e. The SMILES string of the molecule is C=C/C(F)=C(\C=C)c1cc(B(O)O)c2cccnc2n1. The van der Waals surface area contributed by atoms with Crippen LogP contribution in [0.3, 0.4) is 0 Å². The summed E-state index contributed by atoms with van der Waals surface area (Å²) in [6.45, 7) is 6.88. The molecule has 0 saturated heterocycles. The molecule has 0 unspecified atom stereocenters. The zero-order valence-electron chi connectivity index (χ0n) is 10.6. The van der Waals surface area contributed by atoms with E-state index in [9.17, 15) is 14.4 Å². The topological polar surface area (TPSA) is 66.2 Å². The first-order valence-corrected chi connectivity index (χ1v) is 5.85. The third-order valence-electron chi connectivity index (χ3n) is 2.81. The van der Waals surface area contributed by atoms with E-state index in [1.54, 1.807) is 12.1 Å². The van der Waals surface area contributed by atoms with Crippen molar-refractivity contribution in [2.45, 2.75) is 0 Å². The molecule has 2 rings (SSSR count). The van der Waals surface area contributed by atoms with Gasteiger partial charge in [0.05, 0.1) is 5.69 Å². The molecular formula is C14H12BFN2O2. The number of hydrogen-bond donors (Lipinski definition) is 2. The van der Waals surface area contributed by atoms with E-state index in [0.717, 1.165) is 6.08 Å². The molecule has 0 aliphatic carbocycles. The zero-order chi connectivity index (χ0) is 14.7. The van der Waals surface area contributed by atoms with Gasteiger partial charge >= 0.3 is 7.12 Å². The Morgan fingerprint density at radius 1 is 1.30 bits per heavy atom. The Labute approximate surface area is 115 Å². The molecule has 2 heterocycles. The van der Waals surface area contributed by atoms with Crippen LogP contribution in [0.25, 0.3) is 16.6 Å². The molecule has 2 N–H and O–H groups in total. The standard InChI is InChI=1S/C14H12BFN2O2/c1-3-9(12(16)4-2)13-8-11(15(19)20)10-6-5-7-17-14(10)18-13/h3-8,19-20H,1-2H2/b12-9-. The van der Waals surface area contributed by atoms with Gasteiger partial charge in [-0.2, -0.15) is 0 Å². The Morgan fingerprint density at radius 3 is 2.65 bits per heavy atom. The van der Waals surface area contributed by atoms with Crippen LogP contribution in [0.15, 0.2) is 55.5 Å². The van der Waals surface area contributed by atoms with E-state index in [4.69, 9.17) is 0 Å². The molecule has 20 heavy (non-hydrogen) atoms. The number of nitrogens with zero attached hydrogens (tertiary/aromatic N) is 2. The van der Waals surface area contributed by atoms with E-state index in [2.05, 4.69) is 23.1 Å². The summed E-state index contributed by atoms with van der Waals surface area (Å²) in [5.74, 6) is -0.596. The molecule has 0 saturated carbocycles. The molecular weight excluding hydrogens is 258 g/mol. The van der Waals surface area contributed by atoms with Gasteiger partial charge in [-0.1, -0.05) is 25.3 Å². The molecule has 0 aromatic carbocycles. The zero-order valence-corrected chi connectivity index (χ0v) is 10.6. The summed E-state index contributed by atoms with van der Waals surface area (Å²) in [5.41, 5.74) is 0.833. The van der Waals surface area contributed by atoms with Gasteiger partial charge in [-0.25, -0.2) is 14.4 Å². The second-order valence-corrected chi connectivity index (χ2v) is 4.01. The van der Waals surface area contributed by atoms with Crippen molar-refractivity contribution < 1.29 is 14.4 Å². The van der Waals surface area contributed by atoms with E-state index < -0.39 is 12.9 Å². The summed E-state index contributed by atoms with van der Waals surface area (Å²) in [6.07, 6.45) is 3.85. The summed E-state index contributed by atoms with van der Waals surface area (Å²) >= 11 is 0. The van der Waals surface area contributed by atoms with E-state index >= 15 is 0 Å². The van der Waals surface area contributed by atoms with Crippen molar-refractivity contribution in [3.05, 3.63) is 61.2 Å². The molecule has 0 fully saturated rings. The van der Waals surface area contributed by atoms with Crippen molar-refractivity contribution in [3.8, 4) is 0 Å². The number of halogens is 1. The number of pyridine rings is 2. The predicted octanol–water partition coefficient (Wildman–Crippen LogP) is 1.36. The smallest absolute Gasteiger partial charge is 0.423 e. The number of aromatic nitrogens is 2. The van der Waals surface area contributed by atoms with E-state index in [-0.39, 0.29) is 16.7 Å². The number of allylic oxidation sites excluding steroid dienone is 4. The Hall–Kier alpha value is -2.31. The van der Waals surface area contributed by atoms with Gasteiger partial charge in [0.2, 0.25) is 0 Å². The van der Waals surface area contributed by atoms with Gasteiger partial charge in [-0.05, 0) is 23.7 Å². The minimum absolute atomic E-state index is 0.120. The summed E-state index contributed by atoms with van der Waals surface area (Å²) < 4.78 is 13.7. The molecule has 0 bridgehead atoms. The summed E-state index contributed by atoms with van der Waals surface area (Å²) in [7, 11) is -1.71. The van der Waals surface area contributed by atoms with Crippen molar-refractivity contribution in [2.24, 2.45) is 0 Å². The molecule has 0 atom stereocenters. The Balaban J connectivity index is 2.79. The minimum atomic E-state index is -1.71. The first-order chi connectivity index (χ1) is 9.58. The minimum Gasteiger partial charge on any atom is -0.423 e. The van der Waals surface area contributed by atoms with Crippen LogP contribution in [0.5, 0.6) is 0 Å². The van der Waals surface area contributed by atoms with Crippen molar-refractivity contribution >= 4 is 29.2 Å². The fourth-order valence-electron chi connectivity index (χ4n) is 1.87. The van der Waals surface area contributed by atoms with Crippen LogP contribution in [0.4, 0.5) is 4.39 Å². The largest absolute Gasteiger partial charge is 0.489 e. The molecule has 6 heteroatoms. The molecule has 4 nitrogen and oxygen atoms in total. The van der Waals surface area contributed by atoms with Gasteiger partial charge in [0.1, 0.15) is 5.83 Å². The Bertz CT molecular complexity index is 713. The molecule has 0 spiro atoms. The molecule has 0 radical (unpaired) electrons. The van der Waals surface area contributed by atoms with Gasteiger partial charge in [0.15, 0.2) is 5.65 Å². The summed E-state index contributed by atoms with van der Waals surface area (Å²) in [5, 5.41) is 19.4. The van der Waals surface area contributed by atoms with Crippen LogP contribution < -0.4 is 5.46 Å². The second-order valence-electron chi connectivity index (χ2n) is 4.01. The highest BCUT2D eigenvalue weighted by Gasteiger charge is 2.18. The fraction of sp³-hybridized carbons (Fsp3) is 0. The van der Waals surface area contributed by atoms with Crippen molar-refractivity contribution in [1.29, 1.82) is 0 Å². The predicted molar refractivity (Wildman–Crippen MR) is 77.8 cm³/mol. The third-order valence-corrected chi connectivity index (χ3v) is 2.81. The summed E-state index contributed by atoms with van der Waals surface area (Å²) in [6, 6.07) is 4.72. The second kappa shape index (κ2) is 5.77. The summed E-state index contributed by atoms with van der Waals surface area (Å²) in [4.78, 5) is 8.26. The molecule has 0 aliphatic rings. The third kappa shape index (κ3) is 2.52. The van der Waals surface area contributed by atoms with Crippen LogP contribution in [-0.2, 0) is 0 Å². The van der Waals surface area contributed by atoms with Gasteiger partial charge < -0.3 is 10.0 Å². The molecule has 0 aliphatic heterocycles. The highest BCUT2D eigenvalue weighted by atomic mass is 19.1. The maximum atomic E-state index is 13.7. The van der Waals surface area contributed by atoms with Crippen molar-refractivity contribution in [3.63, 3.8) is 0 Å². The maximum absolute atomic E-state index is 13.7. The van der Waals surface area contributed by atoms with Gasteiger partial charge in [-0.3, -0.25) is 0 Å². The Morgan fingerprint density at radius 2 is 2.05 bits per heavy atom. The average molecular weight is 270 g/mol. The fourth-order valence-corrected chi connectivity index (χ4v) is 1.87. The van der Waals surface area contributed by atoms with Gasteiger partial charge in [0, 0.05) is 17.2 Å². The molecule has 0 amide bonds. The van der Waals surface area contributed by atoms with E-state index in [1.807, 2.05) is 0 Å². The van der Waals surface area contributed by atoms with E-state index in [1.165, 1.54) is 18.3 Å². The number of hydrogen-bond acceptors (Lipinski definition) is 4. The van der Waals surface area contributed by atoms with Crippen LogP contribution in [0.1, 0.15) is 5.69 Å². The lowest BCUT2D eigenvalue weighted by Gasteiger charge is -2.09. The first kappa shape index (κ1) is 14.1. The van der Waals surface area contributed by atoms with Gasteiger partial charge in [0.25, 0.3) is 0 Å². The average Bonchev–Trinajstić information content (AvgIpc) is 2.46. The lowest BCUT2D eigenvalue weighted by molar-refractivity contribution is 0.426. The molecule has 2 aromatic rings.